The van der Waals surface area contributed by atoms with E-state index in [1.807, 2.05) is 25.9 Å². The van der Waals surface area contributed by atoms with Crippen LogP contribution in [-0.4, -0.2) is 73.3 Å². The maximum Gasteiger partial charge on any atom is 0.247 e. The molecule has 0 spiro atoms. The minimum absolute atomic E-state index is 0.0172. The first-order valence-corrected chi connectivity index (χ1v) is 5.89. The summed E-state index contributed by atoms with van der Waals surface area (Å²) in [6.45, 7) is 7.64. The summed E-state index contributed by atoms with van der Waals surface area (Å²) in [5, 5.41) is 0. The molecule has 0 aliphatic carbocycles. The van der Waals surface area contributed by atoms with Crippen molar-refractivity contribution >= 4 is 12.3 Å². The van der Waals surface area contributed by atoms with Crippen LogP contribution in [0.15, 0.2) is 0 Å². The van der Waals surface area contributed by atoms with E-state index in [9.17, 15) is 9.59 Å². The number of hydrogen-bond donors (Lipinski definition) is 0. The summed E-state index contributed by atoms with van der Waals surface area (Å²) in [4.78, 5) is 28.3. The highest BCUT2D eigenvalue weighted by Gasteiger charge is 2.34. The first-order valence-electron chi connectivity index (χ1n) is 5.89. The number of hydrogen-bond acceptors (Lipinski definition) is 3. The van der Waals surface area contributed by atoms with Gasteiger partial charge in [-0.25, -0.2) is 0 Å². The Balaban J connectivity index is 4.67. The fourth-order valence-corrected chi connectivity index (χ4v) is 1.39. The smallest absolute Gasteiger partial charge is 0.247 e. The van der Waals surface area contributed by atoms with E-state index in [-0.39, 0.29) is 5.91 Å². The van der Waals surface area contributed by atoms with Crippen molar-refractivity contribution in [1.82, 2.24) is 14.7 Å². The SMILES string of the molecule is CCN(CCN(C)C)C(=O)C(C)(C)N(C)C=O. The number of carbonyl (C=O) groups excluding carboxylic acids is 2. The Morgan fingerprint density at radius 1 is 1.18 bits per heavy atom. The second-order valence-corrected chi connectivity index (χ2v) is 4.96. The van der Waals surface area contributed by atoms with Crippen LogP contribution in [0.3, 0.4) is 0 Å². The van der Waals surface area contributed by atoms with Gasteiger partial charge < -0.3 is 14.7 Å². The van der Waals surface area contributed by atoms with Gasteiger partial charge in [0.15, 0.2) is 0 Å². The highest BCUT2D eigenvalue weighted by molar-refractivity contribution is 5.87. The van der Waals surface area contributed by atoms with Gasteiger partial charge in [0.25, 0.3) is 0 Å². The lowest BCUT2D eigenvalue weighted by Gasteiger charge is -2.36. The molecule has 0 saturated carbocycles. The molecule has 2 amide bonds. The summed E-state index contributed by atoms with van der Waals surface area (Å²) in [6.07, 6.45) is 0.692. The van der Waals surface area contributed by atoms with Gasteiger partial charge in [-0.3, -0.25) is 9.59 Å². The van der Waals surface area contributed by atoms with Gasteiger partial charge in [-0.15, -0.1) is 0 Å². The monoisotopic (exact) mass is 243 g/mol. The first-order chi connectivity index (χ1) is 7.77. The fourth-order valence-electron chi connectivity index (χ4n) is 1.39. The average Bonchev–Trinajstić information content (AvgIpc) is 2.27. The zero-order chi connectivity index (χ0) is 13.6. The molecule has 0 radical (unpaired) electrons. The molecule has 0 unspecified atom stereocenters. The van der Waals surface area contributed by atoms with Gasteiger partial charge in [-0.05, 0) is 34.9 Å². The summed E-state index contributed by atoms with van der Waals surface area (Å²) >= 11 is 0. The van der Waals surface area contributed by atoms with Crippen molar-refractivity contribution in [2.24, 2.45) is 0 Å². The van der Waals surface area contributed by atoms with Crippen LogP contribution in [0.1, 0.15) is 20.8 Å². The maximum atomic E-state index is 12.3. The lowest BCUT2D eigenvalue weighted by Crippen LogP contribution is -2.55. The third kappa shape index (κ3) is 4.34. The van der Waals surface area contributed by atoms with Gasteiger partial charge in [0.05, 0.1) is 0 Å². The Labute approximate surface area is 104 Å². The molecule has 0 N–H and O–H groups in total. The second kappa shape index (κ2) is 6.59. The number of amides is 2. The topological polar surface area (TPSA) is 43.9 Å². The van der Waals surface area contributed by atoms with Crippen LogP contribution in [0, 0.1) is 0 Å². The molecular formula is C12H25N3O2. The van der Waals surface area contributed by atoms with Crippen molar-refractivity contribution < 1.29 is 9.59 Å². The predicted octanol–water partition coefficient (Wildman–Crippen LogP) is 0.263. The van der Waals surface area contributed by atoms with E-state index in [1.54, 1.807) is 25.8 Å². The fraction of sp³-hybridized carbons (Fsp3) is 0.833. The molecular weight excluding hydrogens is 218 g/mol. The van der Waals surface area contributed by atoms with Crippen LogP contribution in [0.5, 0.6) is 0 Å². The minimum Gasteiger partial charge on any atom is -0.340 e. The summed E-state index contributed by atoms with van der Waals surface area (Å²) < 4.78 is 0. The lowest BCUT2D eigenvalue weighted by atomic mass is 10.0. The van der Waals surface area contributed by atoms with Crippen molar-refractivity contribution in [2.45, 2.75) is 26.3 Å². The molecule has 0 saturated heterocycles. The highest BCUT2D eigenvalue weighted by Crippen LogP contribution is 2.14. The first kappa shape index (κ1) is 15.9. The van der Waals surface area contributed by atoms with Crippen molar-refractivity contribution in [1.29, 1.82) is 0 Å². The Kier molecular flexibility index (Phi) is 6.16. The molecule has 0 aliphatic heterocycles. The maximum absolute atomic E-state index is 12.3. The molecule has 0 aromatic heterocycles. The number of rotatable bonds is 7. The van der Waals surface area contributed by atoms with Crippen molar-refractivity contribution in [3.8, 4) is 0 Å². The van der Waals surface area contributed by atoms with E-state index < -0.39 is 5.54 Å². The van der Waals surface area contributed by atoms with E-state index >= 15 is 0 Å². The molecule has 0 heterocycles. The molecule has 100 valence electrons. The van der Waals surface area contributed by atoms with Crippen LogP contribution in [0.25, 0.3) is 0 Å². The molecule has 0 aromatic carbocycles. The van der Waals surface area contributed by atoms with E-state index in [2.05, 4.69) is 0 Å². The van der Waals surface area contributed by atoms with E-state index in [1.165, 1.54) is 4.90 Å². The van der Waals surface area contributed by atoms with E-state index in [0.29, 0.717) is 19.5 Å². The molecule has 0 fully saturated rings. The molecule has 0 bridgehead atoms. The molecule has 0 aromatic rings. The number of likely N-dealkylation sites (N-methyl/N-ethyl adjacent to an activating group) is 3. The molecule has 0 rings (SSSR count). The largest absolute Gasteiger partial charge is 0.340 e. The summed E-state index contributed by atoms with van der Waals surface area (Å²) in [5.74, 6) is -0.0172. The van der Waals surface area contributed by atoms with E-state index in [4.69, 9.17) is 0 Å². The standard InChI is InChI=1S/C12H25N3O2/c1-7-15(9-8-13(4)5)11(17)12(2,3)14(6)10-16/h10H,7-9H2,1-6H3. The second-order valence-electron chi connectivity index (χ2n) is 4.96. The summed E-state index contributed by atoms with van der Waals surface area (Å²) in [6, 6.07) is 0. The van der Waals surface area contributed by atoms with Crippen LogP contribution in [0.2, 0.25) is 0 Å². The quantitative estimate of drug-likeness (QED) is 0.603. The highest BCUT2D eigenvalue weighted by atomic mass is 16.2. The zero-order valence-electron chi connectivity index (χ0n) is 11.9. The van der Waals surface area contributed by atoms with Crippen LogP contribution >= 0.6 is 0 Å². The number of carbonyl (C=O) groups is 2. The van der Waals surface area contributed by atoms with E-state index in [0.717, 1.165) is 6.54 Å². The normalized spacial score (nSPS) is 11.5. The van der Waals surface area contributed by atoms with Gasteiger partial charge in [0.2, 0.25) is 12.3 Å². The average molecular weight is 243 g/mol. The van der Waals surface area contributed by atoms with Crippen LogP contribution in [-0.2, 0) is 9.59 Å². The van der Waals surface area contributed by atoms with Gasteiger partial charge in [-0.1, -0.05) is 0 Å². The summed E-state index contributed by atoms with van der Waals surface area (Å²) in [5.41, 5.74) is -0.788. The van der Waals surface area contributed by atoms with Crippen molar-refractivity contribution in [3.05, 3.63) is 0 Å². The summed E-state index contributed by atoms with van der Waals surface area (Å²) in [7, 11) is 5.58. The van der Waals surface area contributed by atoms with Gasteiger partial charge in [-0.2, -0.15) is 0 Å². The van der Waals surface area contributed by atoms with Crippen LogP contribution in [0.4, 0.5) is 0 Å². The minimum atomic E-state index is -0.788. The third-order valence-electron chi connectivity index (χ3n) is 3.05. The van der Waals surface area contributed by atoms with Crippen molar-refractivity contribution in [3.63, 3.8) is 0 Å². The number of nitrogens with zero attached hydrogens (tertiary/aromatic N) is 3. The Bertz CT molecular complexity index is 264. The molecule has 17 heavy (non-hydrogen) atoms. The molecule has 0 atom stereocenters. The molecule has 5 heteroatoms. The zero-order valence-corrected chi connectivity index (χ0v) is 11.9. The van der Waals surface area contributed by atoms with Gasteiger partial charge >= 0.3 is 0 Å². The Hall–Kier alpha value is -1.10. The van der Waals surface area contributed by atoms with Gasteiger partial charge in [0, 0.05) is 26.7 Å². The lowest BCUT2D eigenvalue weighted by molar-refractivity contribution is -0.145. The van der Waals surface area contributed by atoms with Gasteiger partial charge in [0.1, 0.15) is 5.54 Å². The third-order valence-corrected chi connectivity index (χ3v) is 3.05. The Morgan fingerprint density at radius 2 is 1.71 bits per heavy atom. The Morgan fingerprint density at radius 3 is 2.06 bits per heavy atom. The van der Waals surface area contributed by atoms with Crippen molar-refractivity contribution in [2.75, 3.05) is 40.8 Å². The predicted molar refractivity (Wildman–Crippen MR) is 68.7 cm³/mol. The molecule has 0 aliphatic rings. The van der Waals surface area contributed by atoms with Crippen LogP contribution < -0.4 is 0 Å². The molecule has 5 nitrogen and oxygen atoms in total.